The Morgan fingerprint density at radius 1 is 0.903 bits per heavy atom. The number of anilines is 1. The second kappa shape index (κ2) is 9.35. The van der Waals surface area contributed by atoms with Gasteiger partial charge in [-0.3, -0.25) is 9.10 Å². The molecule has 1 amide bonds. The van der Waals surface area contributed by atoms with Crippen molar-refractivity contribution in [3.05, 3.63) is 95.1 Å². The molecule has 0 saturated carbocycles. The molecule has 0 unspecified atom stereocenters. The lowest BCUT2D eigenvalue weighted by Gasteiger charge is -2.24. The van der Waals surface area contributed by atoms with Crippen molar-refractivity contribution in [3.63, 3.8) is 0 Å². The summed E-state index contributed by atoms with van der Waals surface area (Å²) in [4.78, 5) is 13.3. The third kappa shape index (κ3) is 4.97. The molecule has 3 rings (SSSR count). The smallest absolute Gasteiger partial charge is 0.264 e. The summed E-state index contributed by atoms with van der Waals surface area (Å²) in [5.41, 5.74) is 3.78. The van der Waals surface area contributed by atoms with Crippen molar-refractivity contribution in [2.24, 2.45) is 0 Å². The van der Waals surface area contributed by atoms with Crippen molar-refractivity contribution in [1.29, 1.82) is 0 Å². The molecule has 5 nitrogen and oxygen atoms in total. The zero-order chi connectivity index (χ0) is 22.6. The van der Waals surface area contributed by atoms with E-state index in [-0.39, 0.29) is 16.8 Å². The van der Waals surface area contributed by atoms with E-state index in [1.807, 2.05) is 45.0 Å². The van der Waals surface area contributed by atoms with Crippen molar-refractivity contribution >= 4 is 21.6 Å². The molecular formula is C25H28N2O3S. The second-order valence-corrected chi connectivity index (χ2v) is 9.62. The van der Waals surface area contributed by atoms with Gasteiger partial charge in [0.1, 0.15) is 0 Å². The summed E-state index contributed by atoms with van der Waals surface area (Å²) < 4.78 is 27.5. The molecule has 6 heteroatoms. The van der Waals surface area contributed by atoms with Crippen LogP contribution in [-0.2, 0) is 10.0 Å². The number of amides is 1. The number of carbonyl (C=O) groups excluding carboxylic acids is 1. The number of benzene rings is 3. The van der Waals surface area contributed by atoms with E-state index in [1.54, 1.807) is 48.5 Å². The first-order valence-corrected chi connectivity index (χ1v) is 11.7. The molecule has 162 valence electrons. The number of sulfonamides is 1. The predicted molar refractivity (Wildman–Crippen MR) is 125 cm³/mol. The van der Waals surface area contributed by atoms with Crippen LogP contribution in [0.3, 0.4) is 0 Å². The van der Waals surface area contributed by atoms with Gasteiger partial charge in [0.15, 0.2) is 0 Å². The van der Waals surface area contributed by atoms with Crippen molar-refractivity contribution < 1.29 is 13.2 Å². The summed E-state index contributed by atoms with van der Waals surface area (Å²) in [7, 11) is -2.33. The highest BCUT2D eigenvalue weighted by molar-refractivity contribution is 7.92. The molecule has 31 heavy (non-hydrogen) atoms. The molecule has 0 heterocycles. The number of carbonyl (C=O) groups is 1. The number of para-hydroxylation sites is 1. The first kappa shape index (κ1) is 22.6. The van der Waals surface area contributed by atoms with Crippen molar-refractivity contribution in [3.8, 4) is 0 Å². The van der Waals surface area contributed by atoms with E-state index in [4.69, 9.17) is 0 Å². The lowest BCUT2D eigenvalue weighted by atomic mass is 10.0. The molecular weight excluding hydrogens is 408 g/mol. The summed E-state index contributed by atoms with van der Waals surface area (Å²) in [6.45, 7) is 5.92. The van der Waals surface area contributed by atoms with Crippen LogP contribution in [0.2, 0.25) is 0 Å². The Kier molecular flexibility index (Phi) is 6.81. The minimum Gasteiger partial charge on any atom is -0.345 e. The predicted octanol–water partition coefficient (Wildman–Crippen LogP) is 5.01. The largest absolute Gasteiger partial charge is 0.345 e. The van der Waals surface area contributed by atoms with Crippen LogP contribution in [0.1, 0.15) is 46.4 Å². The number of aryl methyl sites for hydroxylation is 2. The van der Waals surface area contributed by atoms with Crippen LogP contribution in [-0.4, -0.2) is 21.4 Å². The SMILES string of the molecule is CC[C@H](NC(=O)c1ccccc1N(C)S(=O)(=O)c1ccc(C)cc1)c1ccc(C)cc1. The van der Waals surface area contributed by atoms with Crippen LogP contribution in [0, 0.1) is 13.8 Å². The quantitative estimate of drug-likeness (QED) is 0.566. The number of nitrogens with zero attached hydrogens (tertiary/aromatic N) is 1. The summed E-state index contributed by atoms with van der Waals surface area (Å²) in [6.07, 6.45) is 0.717. The number of nitrogens with one attached hydrogen (secondary N) is 1. The van der Waals surface area contributed by atoms with Gasteiger partial charge in [0, 0.05) is 7.05 Å². The molecule has 0 fully saturated rings. The minimum absolute atomic E-state index is 0.167. The fraction of sp³-hybridized carbons (Fsp3) is 0.240. The van der Waals surface area contributed by atoms with Crippen molar-refractivity contribution in [2.75, 3.05) is 11.4 Å². The average molecular weight is 437 g/mol. The molecule has 0 saturated heterocycles. The Bertz CT molecular complexity index is 1150. The highest BCUT2D eigenvalue weighted by Gasteiger charge is 2.25. The topological polar surface area (TPSA) is 66.5 Å². The second-order valence-electron chi connectivity index (χ2n) is 7.65. The number of hydrogen-bond acceptors (Lipinski definition) is 3. The fourth-order valence-corrected chi connectivity index (χ4v) is 4.61. The Balaban J connectivity index is 1.90. The van der Waals surface area contributed by atoms with Gasteiger partial charge in [0.25, 0.3) is 15.9 Å². The van der Waals surface area contributed by atoms with Crippen molar-refractivity contribution in [1.82, 2.24) is 5.32 Å². The highest BCUT2D eigenvalue weighted by atomic mass is 32.2. The maximum Gasteiger partial charge on any atom is 0.264 e. The molecule has 0 aromatic heterocycles. The zero-order valence-electron chi connectivity index (χ0n) is 18.3. The third-order valence-electron chi connectivity index (χ3n) is 5.36. The molecule has 0 radical (unpaired) electrons. The molecule has 1 atom stereocenters. The van der Waals surface area contributed by atoms with Crippen LogP contribution >= 0.6 is 0 Å². The van der Waals surface area contributed by atoms with Gasteiger partial charge < -0.3 is 5.32 Å². The lowest BCUT2D eigenvalue weighted by Crippen LogP contribution is -2.32. The molecule has 3 aromatic rings. The van der Waals surface area contributed by atoms with Gasteiger partial charge in [-0.05, 0) is 50.1 Å². The Hall–Kier alpha value is -3.12. The summed E-state index contributed by atoms with van der Waals surface area (Å²) in [5.74, 6) is -0.311. The van der Waals surface area contributed by atoms with Gasteiger partial charge >= 0.3 is 0 Å². The van der Waals surface area contributed by atoms with E-state index < -0.39 is 10.0 Å². The van der Waals surface area contributed by atoms with Gasteiger partial charge in [-0.15, -0.1) is 0 Å². The Morgan fingerprint density at radius 2 is 1.45 bits per heavy atom. The van der Waals surface area contributed by atoms with Gasteiger partial charge in [0.05, 0.1) is 22.2 Å². The molecule has 0 aliphatic heterocycles. The van der Waals surface area contributed by atoms with E-state index in [9.17, 15) is 13.2 Å². The van der Waals surface area contributed by atoms with Crippen LogP contribution < -0.4 is 9.62 Å². The van der Waals surface area contributed by atoms with E-state index in [0.717, 1.165) is 16.7 Å². The summed E-state index contributed by atoms with van der Waals surface area (Å²) in [5, 5.41) is 3.05. The molecule has 0 aliphatic rings. The first-order chi connectivity index (χ1) is 14.7. The van der Waals surface area contributed by atoms with Crippen LogP contribution in [0.25, 0.3) is 0 Å². The number of rotatable bonds is 7. The number of hydrogen-bond donors (Lipinski definition) is 1. The lowest BCUT2D eigenvalue weighted by molar-refractivity contribution is 0.0936. The van der Waals surface area contributed by atoms with Gasteiger partial charge in [-0.25, -0.2) is 8.42 Å². The van der Waals surface area contributed by atoms with Crippen LogP contribution in [0.4, 0.5) is 5.69 Å². The van der Waals surface area contributed by atoms with Gasteiger partial charge in [-0.2, -0.15) is 0 Å². The van der Waals surface area contributed by atoms with Crippen molar-refractivity contribution in [2.45, 2.75) is 38.1 Å². The van der Waals surface area contributed by atoms with E-state index in [1.165, 1.54) is 11.4 Å². The Morgan fingerprint density at radius 3 is 2.03 bits per heavy atom. The van der Waals surface area contributed by atoms with E-state index in [0.29, 0.717) is 17.7 Å². The summed E-state index contributed by atoms with van der Waals surface area (Å²) in [6, 6.07) is 21.3. The standard InChI is InChI=1S/C25H28N2O3S/c1-5-23(20-14-10-18(2)11-15-20)26-25(28)22-8-6-7-9-24(22)27(4)31(29,30)21-16-12-19(3)13-17-21/h6-17,23H,5H2,1-4H3,(H,26,28)/t23-/m0/s1. The monoisotopic (exact) mass is 436 g/mol. The normalized spacial score (nSPS) is 12.3. The highest BCUT2D eigenvalue weighted by Crippen LogP contribution is 2.27. The van der Waals surface area contributed by atoms with E-state index in [2.05, 4.69) is 5.32 Å². The van der Waals surface area contributed by atoms with Crippen LogP contribution in [0.5, 0.6) is 0 Å². The average Bonchev–Trinajstić information content (AvgIpc) is 2.77. The maximum atomic E-state index is 13.2. The zero-order valence-corrected chi connectivity index (χ0v) is 19.1. The molecule has 1 N–H and O–H groups in total. The minimum atomic E-state index is -3.80. The molecule has 0 aliphatic carbocycles. The Labute approximate surface area is 184 Å². The first-order valence-electron chi connectivity index (χ1n) is 10.3. The summed E-state index contributed by atoms with van der Waals surface area (Å²) >= 11 is 0. The fourth-order valence-electron chi connectivity index (χ4n) is 3.39. The van der Waals surface area contributed by atoms with E-state index >= 15 is 0 Å². The molecule has 3 aromatic carbocycles. The third-order valence-corrected chi connectivity index (χ3v) is 7.15. The molecule has 0 bridgehead atoms. The van der Waals surface area contributed by atoms with Gasteiger partial charge in [0.2, 0.25) is 0 Å². The van der Waals surface area contributed by atoms with Gasteiger partial charge in [-0.1, -0.05) is 66.6 Å². The molecule has 0 spiro atoms. The van der Waals surface area contributed by atoms with Crippen LogP contribution in [0.15, 0.2) is 77.7 Å². The maximum absolute atomic E-state index is 13.2.